The first-order valence-corrected chi connectivity index (χ1v) is 8.98. The highest BCUT2D eigenvalue weighted by molar-refractivity contribution is 5.84. The molecule has 0 aliphatic heterocycles. The topological polar surface area (TPSA) is 98.5 Å². The van der Waals surface area contributed by atoms with Gasteiger partial charge in [0.15, 0.2) is 5.65 Å². The summed E-state index contributed by atoms with van der Waals surface area (Å²) in [6, 6.07) is 11.6. The lowest BCUT2D eigenvalue weighted by molar-refractivity contribution is 0.0256. The van der Waals surface area contributed by atoms with Gasteiger partial charge in [0.1, 0.15) is 11.9 Å². The monoisotopic (exact) mass is 362 g/mol. The molecule has 5 rings (SSSR count). The molecule has 1 radical (unpaired) electrons. The van der Waals surface area contributed by atoms with E-state index in [1.807, 2.05) is 36.5 Å². The number of nitrogens with one attached hydrogen (secondary N) is 2. The number of aliphatic hydroxyl groups is 2. The van der Waals surface area contributed by atoms with E-state index in [9.17, 15) is 10.2 Å². The summed E-state index contributed by atoms with van der Waals surface area (Å²) in [5.41, 5.74) is 3.62. The number of H-pyrrole nitrogens is 1. The molecule has 1 saturated carbocycles. The fourth-order valence-corrected chi connectivity index (χ4v) is 3.81. The van der Waals surface area contributed by atoms with Gasteiger partial charge < -0.3 is 20.5 Å². The second kappa shape index (κ2) is 6.07. The Morgan fingerprint density at radius 3 is 2.85 bits per heavy atom. The third-order valence-electron chi connectivity index (χ3n) is 5.34. The number of nitrogens with zero attached hydrogens (tertiary/aromatic N) is 3. The van der Waals surface area contributed by atoms with Gasteiger partial charge in [0.25, 0.3) is 0 Å². The minimum Gasteiger partial charge on any atom is -0.390 e. The van der Waals surface area contributed by atoms with Gasteiger partial charge in [0.05, 0.1) is 17.8 Å². The van der Waals surface area contributed by atoms with Gasteiger partial charge in [0, 0.05) is 34.9 Å². The van der Waals surface area contributed by atoms with E-state index in [0.717, 1.165) is 28.0 Å². The van der Waals surface area contributed by atoms with Crippen molar-refractivity contribution in [1.82, 2.24) is 19.6 Å². The van der Waals surface area contributed by atoms with Gasteiger partial charge in [-0.2, -0.15) is 9.61 Å². The highest BCUT2D eigenvalue weighted by atomic mass is 16.3. The Labute approximate surface area is 155 Å². The third-order valence-corrected chi connectivity index (χ3v) is 5.34. The Kier molecular flexibility index (Phi) is 3.66. The van der Waals surface area contributed by atoms with Gasteiger partial charge in [-0.1, -0.05) is 6.07 Å². The smallest absolute Gasteiger partial charge is 0.157 e. The summed E-state index contributed by atoms with van der Waals surface area (Å²) in [6.45, 7) is 3.90. The maximum absolute atomic E-state index is 10.2. The zero-order valence-corrected chi connectivity index (χ0v) is 14.6. The molecule has 3 heterocycles. The predicted molar refractivity (Wildman–Crippen MR) is 103 cm³/mol. The average molecular weight is 362 g/mol. The Morgan fingerprint density at radius 2 is 2.04 bits per heavy atom. The first-order chi connectivity index (χ1) is 13.1. The van der Waals surface area contributed by atoms with Crippen LogP contribution in [-0.2, 0) is 0 Å². The van der Waals surface area contributed by atoms with Crippen molar-refractivity contribution in [2.45, 2.75) is 24.7 Å². The molecule has 1 aromatic carbocycles. The average Bonchev–Trinajstić information content (AvgIpc) is 3.37. The fourth-order valence-electron chi connectivity index (χ4n) is 3.81. The summed E-state index contributed by atoms with van der Waals surface area (Å²) in [4.78, 5) is 7.58. The highest BCUT2D eigenvalue weighted by Gasteiger charge is 2.39. The van der Waals surface area contributed by atoms with E-state index in [2.05, 4.69) is 28.3 Å². The lowest BCUT2D eigenvalue weighted by atomic mass is 10.1. The van der Waals surface area contributed by atoms with Gasteiger partial charge in [-0.05, 0) is 43.5 Å². The number of rotatable bonds is 3. The Hall–Kier alpha value is -2.90. The number of fused-ring (bicyclic) bond motifs is 2. The molecule has 0 unspecified atom stereocenters. The molecule has 137 valence electrons. The molecular formula is C20H20N5O2. The lowest BCUT2D eigenvalue weighted by Crippen LogP contribution is -2.35. The minimum atomic E-state index is -0.859. The number of anilines is 1. The fraction of sp³-hybridized carbons (Fsp3) is 0.250. The highest BCUT2D eigenvalue weighted by Crippen LogP contribution is 2.29. The molecule has 1 fully saturated rings. The Balaban J connectivity index is 1.51. The van der Waals surface area contributed by atoms with Crippen LogP contribution in [0.15, 0.2) is 48.8 Å². The minimum absolute atomic E-state index is 0.198. The van der Waals surface area contributed by atoms with Crippen LogP contribution >= 0.6 is 0 Å². The summed E-state index contributed by atoms with van der Waals surface area (Å²) in [5, 5.41) is 29.3. The summed E-state index contributed by atoms with van der Waals surface area (Å²) in [7, 11) is 0. The number of aromatic amines is 1. The van der Waals surface area contributed by atoms with E-state index in [-0.39, 0.29) is 12.0 Å². The number of aromatic nitrogens is 4. The van der Waals surface area contributed by atoms with Crippen molar-refractivity contribution in [3.8, 4) is 11.3 Å². The molecular weight excluding hydrogens is 342 g/mol. The van der Waals surface area contributed by atoms with Crippen LogP contribution < -0.4 is 5.32 Å². The van der Waals surface area contributed by atoms with Crippen LogP contribution in [0.4, 0.5) is 5.82 Å². The summed E-state index contributed by atoms with van der Waals surface area (Å²) in [6.07, 6.45) is 2.53. The van der Waals surface area contributed by atoms with E-state index in [4.69, 9.17) is 5.10 Å². The van der Waals surface area contributed by atoms with Crippen LogP contribution in [0, 0.1) is 12.8 Å². The predicted octanol–water partition coefficient (Wildman–Crippen LogP) is 2.23. The molecule has 7 nitrogen and oxygen atoms in total. The normalized spacial score (nSPS) is 25.4. The van der Waals surface area contributed by atoms with Crippen LogP contribution in [-0.4, -0.2) is 48.0 Å². The lowest BCUT2D eigenvalue weighted by Gasteiger charge is -2.19. The van der Waals surface area contributed by atoms with Crippen LogP contribution in [0.25, 0.3) is 27.8 Å². The van der Waals surface area contributed by atoms with Crippen LogP contribution in [0.3, 0.4) is 0 Å². The van der Waals surface area contributed by atoms with E-state index in [0.29, 0.717) is 12.1 Å². The zero-order valence-electron chi connectivity index (χ0n) is 14.6. The van der Waals surface area contributed by atoms with E-state index < -0.39 is 12.2 Å². The molecule has 0 spiro atoms. The van der Waals surface area contributed by atoms with Crippen LogP contribution in [0.5, 0.6) is 0 Å². The zero-order chi connectivity index (χ0) is 18.5. The number of hydrogen-bond donors (Lipinski definition) is 4. The molecule has 4 N–H and O–H groups in total. The van der Waals surface area contributed by atoms with Crippen molar-refractivity contribution >= 4 is 22.4 Å². The molecule has 1 aliphatic carbocycles. The largest absolute Gasteiger partial charge is 0.390 e. The van der Waals surface area contributed by atoms with Crippen molar-refractivity contribution in [2.24, 2.45) is 5.92 Å². The van der Waals surface area contributed by atoms with Crippen LogP contribution in [0.2, 0.25) is 0 Å². The third kappa shape index (κ3) is 2.67. The van der Waals surface area contributed by atoms with Crippen LogP contribution in [0.1, 0.15) is 6.42 Å². The molecule has 0 amide bonds. The van der Waals surface area contributed by atoms with Crippen molar-refractivity contribution in [2.75, 3.05) is 5.32 Å². The van der Waals surface area contributed by atoms with E-state index in [1.165, 1.54) is 0 Å². The molecule has 7 heteroatoms. The number of hydrogen-bond acceptors (Lipinski definition) is 5. The van der Waals surface area contributed by atoms with E-state index in [1.54, 1.807) is 10.7 Å². The summed E-state index contributed by atoms with van der Waals surface area (Å²) in [5.74, 6) is 0.524. The van der Waals surface area contributed by atoms with Gasteiger partial charge in [-0.25, -0.2) is 4.98 Å². The van der Waals surface area contributed by atoms with Crippen molar-refractivity contribution < 1.29 is 10.2 Å². The Bertz CT molecular complexity index is 1120. The molecule has 3 aromatic heterocycles. The van der Waals surface area contributed by atoms with Gasteiger partial charge in [-0.15, -0.1) is 0 Å². The number of benzene rings is 1. The molecule has 4 atom stereocenters. The first-order valence-electron chi connectivity index (χ1n) is 8.98. The van der Waals surface area contributed by atoms with Crippen molar-refractivity contribution in [3.63, 3.8) is 0 Å². The maximum Gasteiger partial charge on any atom is 0.157 e. The molecule has 0 bridgehead atoms. The second-order valence-electron chi connectivity index (χ2n) is 7.14. The number of aliphatic hydroxyl groups excluding tert-OH is 2. The Morgan fingerprint density at radius 1 is 1.15 bits per heavy atom. The van der Waals surface area contributed by atoms with Gasteiger partial charge in [-0.3, -0.25) is 0 Å². The van der Waals surface area contributed by atoms with E-state index >= 15 is 0 Å². The first kappa shape index (κ1) is 16.3. The summed E-state index contributed by atoms with van der Waals surface area (Å²) < 4.78 is 1.73. The van der Waals surface area contributed by atoms with Crippen molar-refractivity contribution in [1.29, 1.82) is 0 Å². The summed E-state index contributed by atoms with van der Waals surface area (Å²) >= 11 is 0. The standard InChI is InChI=1S/C20H20N5O2/c1-11-8-16(20(27)19(11)26)23-17-5-7-22-18-10-15(24-25(17)18)12-2-3-14-13(9-12)4-6-21-14/h2-7,9-11,16,19-21,23,26-27H,1,8H2/t11-,16-,19-,20+/m1/s1. The molecule has 1 aliphatic rings. The second-order valence-corrected chi connectivity index (χ2v) is 7.14. The molecule has 27 heavy (non-hydrogen) atoms. The maximum atomic E-state index is 10.2. The SMILES string of the molecule is [CH2][C@@H]1C[C@@H](Nc2ccnc3cc(-c4ccc5[nH]ccc5c4)nn23)[C@H](O)[C@@H]1O. The van der Waals surface area contributed by atoms with Crippen molar-refractivity contribution in [3.05, 3.63) is 55.7 Å². The molecule has 0 saturated heterocycles. The van der Waals surface area contributed by atoms with Gasteiger partial charge in [0.2, 0.25) is 0 Å². The molecule has 4 aromatic rings. The quantitative estimate of drug-likeness (QED) is 0.448. The van der Waals surface area contributed by atoms with Gasteiger partial charge >= 0.3 is 0 Å².